The lowest BCUT2D eigenvalue weighted by Crippen LogP contribution is -2.41. The van der Waals surface area contributed by atoms with Gasteiger partial charge in [0.25, 0.3) is 5.69 Å². The van der Waals surface area contributed by atoms with Crippen LogP contribution in [0.1, 0.15) is 13.8 Å². The number of rotatable bonds is 6. The zero-order valence-corrected chi connectivity index (χ0v) is 13.5. The van der Waals surface area contributed by atoms with Crippen LogP contribution in [0.15, 0.2) is 34.3 Å². The molecule has 10 heteroatoms. The molecule has 1 N–H and O–H groups in total. The molecular formula is C13H17N3O6S. The molecule has 0 aliphatic carbocycles. The number of ether oxygens (including phenoxy) is 1. The fourth-order valence-corrected chi connectivity index (χ4v) is 3.27. The van der Waals surface area contributed by atoms with E-state index in [0.29, 0.717) is 13.2 Å². The van der Waals surface area contributed by atoms with E-state index >= 15 is 0 Å². The standard InChI is InChI=1S/C13H17N3O6S/c1-13(2,12-15-22-8-7-21-12)9-14-23(19,20)11-6-4-3-5-10(11)16(17)18/h3-6,14H,7-9H2,1-2H3. The van der Waals surface area contributed by atoms with Crippen LogP contribution in [-0.4, -0.2) is 39.0 Å². The highest BCUT2D eigenvalue weighted by Crippen LogP contribution is 2.25. The smallest absolute Gasteiger partial charge is 0.289 e. The molecule has 1 aromatic rings. The van der Waals surface area contributed by atoms with Gasteiger partial charge in [-0.05, 0) is 19.9 Å². The Balaban J connectivity index is 2.19. The summed E-state index contributed by atoms with van der Waals surface area (Å²) in [5, 5.41) is 14.7. The summed E-state index contributed by atoms with van der Waals surface area (Å²) in [6.45, 7) is 4.06. The molecule has 1 aromatic carbocycles. The van der Waals surface area contributed by atoms with E-state index in [0.717, 1.165) is 6.07 Å². The first-order valence-corrected chi connectivity index (χ1v) is 8.29. The van der Waals surface area contributed by atoms with Gasteiger partial charge in [-0.15, -0.1) is 0 Å². The van der Waals surface area contributed by atoms with Crippen LogP contribution in [-0.2, 0) is 19.6 Å². The van der Waals surface area contributed by atoms with Gasteiger partial charge in [0.1, 0.15) is 6.61 Å². The monoisotopic (exact) mass is 343 g/mol. The number of hydrogen-bond donors (Lipinski definition) is 1. The fourth-order valence-electron chi connectivity index (χ4n) is 1.89. The SMILES string of the molecule is CC(C)(CNS(=O)(=O)c1ccccc1[N+](=O)[O-])C1=NOCCO1. The van der Waals surface area contributed by atoms with Gasteiger partial charge in [-0.25, -0.2) is 13.1 Å². The van der Waals surface area contributed by atoms with Crippen molar-refractivity contribution in [2.24, 2.45) is 10.6 Å². The molecule has 1 aliphatic heterocycles. The molecule has 0 bridgehead atoms. The Kier molecular flexibility index (Phi) is 4.85. The van der Waals surface area contributed by atoms with E-state index in [2.05, 4.69) is 9.88 Å². The van der Waals surface area contributed by atoms with Crippen molar-refractivity contribution >= 4 is 21.6 Å². The molecule has 0 aromatic heterocycles. The van der Waals surface area contributed by atoms with Crippen LogP contribution in [0.2, 0.25) is 0 Å². The lowest BCUT2D eigenvalue weighted by Gasteiger charge is -2.27. The van der Waals surface area contributed by atoms with Crippen LogP contribution < -0.4 is 4.72 Å². The van der Waals surface area contributed by atoms with Gasteiger partial charge in [0.2, 0.25) is 15.9 Å². The third-order valence-corrected chi connectivity index (χ3v) is 4.64. The summed E-state index contributed by atoms with van der Waals surface area (Å²) >= 11 is 0. The Morgan fingerprint density at radius 1 is 1.35 bits per heavy atom. The van der Waals surface area contributed by atoms with Crippen molar-refractivity contribution < 1.29 is 22.9 Å². The highest BCUT2D eigenvalue weighted by molar-refractivity contribution is 7.89. The Hall–Kier alpha value is -2.20. The zero-order valence-electron chi connectivity index (χ0n) is 12.7. The second-order valence-electron chi connectivity index (χ2n) is 5.51. The first kappa shape index (κ1) is 17.2. The number of nitro benzene ring substituents is 1. The number of hydrogen-bond acceptors (Lipinski definition) is 7. The van der Waals surface area contributed by atoms with Crippen LogP contribution in [0.5, 0.6) is 0 Å². The lowest BCUT2D eigenvalue weighted by atomic mass is 9.94. The average Bonchev–Trinajstić information content (AvgIpc) is 2.54. The molecule has 2 rings (SSSR count). The second kappa shape index (κ2) is 6.50. The molecule has 1 heterocycles. The number of oxime groups is 1. The van der Waals surface area contributed by atoms with Crippen LogP contribution in [0.3, 0.4) is 0 Å². The average molecular weight is 343 g/mol. The third kappa shape index (κ3) is 3.96. The number of nitrogens with one attached hydrogen (secondary N) is 1. The van der Waals surface area contributed by atoms with E-state index in [-0.39, 0.29) is 17.3 Å². The molecule has 9 nitrogen and oxygen atoms in total. The van der Waals surface area contributed by atoms with Crippen molar-refractivity contribution in [3.8, 4) is 0 Å². The van der Waals surface area contributed by atoms with E-state index in [4.69, 9.17) is 9.57 Å². The first-order valence-electron chi connectivity index (χ1n) is 6.80. The van der Waals surface area contributed by atoms with E-state index < -0.39 is 26.0 Å². The normalized spacial score (nSPS) is 15.3. The van der Waals surface area contributed by atoms with Crippen LogP contribution >= 0.6 is 0 Å². The molecule has 0 saturated heterocycles. The Morgan fingerprint density at radius 3 is 2.65 bits per heavy atom. The molecule has 126 valence electrons. The minimum absolute atomic E-state index is 0.0520. The highest BCUT2D eigenvalue weighted by atomic mass is 32.2. The van der Waals surface area contributed by atoms with Gasteiger partial charge in [0.15, 0.2) is 11.5 Å². The van der Waals surface area contributed by atoms with Crippen LogP contribution in [0.25, 0.3) is 0 Å². The summed E-state index contributed by atoms with van der Waals surface area (Å²) in [5.74, 6) is 0.272. The summed E-state index contributed by atoms with van der Waals surface area (Å²) in [7, 11) is -4.05. The van der Waals surface area contributed by atoms with Crippen molar-refractivity contribution in [2.75, 3.05) is 19.8 Å². The number of para-hydroxylation sites is 1. The predicted molar refractivity (Wildman–Crippen MR) is 81.4 cm³/mol. The Morgan fingerprint density at radius 2 is 2.04 bits per heavy atom. The van der Waals surface area contributed by atoms with E-state index in [1.807, 2.05) is 0 Å². The highest BCUT2D eigenvalue weighted by Gasteiger charge is 2.33. The van der Waals surface area contributed by atoms with Gasteiger partial charge in [0.05, 0.1) is 10.3 Å². The van der Waals surface area contributed by atoms with Gasteiger partial charge < -0.3 is 9.57 Å². The van der Waals surface area contributed by atoms with Crippen molar-refractivity contribution in [3.63, 3.8) is 0 Å². The van der Waals surface area contributed by atoms with Crippen molar-refractivity contribution in [2.45, 2.75) is 18.7 Å². The second-order valence-corrected chi connectivity index (χ2v) is 7.25. The van der Waals surface area contributed by atoms with Crippen molar-refractivity contribution in [3.05, 3.63) is 34.4 Å². The van der Waals surface area contributed by atoms with Crippen LogP contribution in [0, 0.1) is 15.5 Å². The minimum atomic E-state index is -4.05. The topological polar surface area (TPSA) is 120 Å². The largest absolute Gasteiger partial charge is 0.474 e. The molecule has 23 heavy (non-hydrogen) atoms. The summed E-state index contributed by atoms with van der Waals surface area (Å²) in [6.07, 6.45) is 0. The van der Waals surface area contributed by atoms with Gasteiger partial charge >= 0.3 is 0 Å². The first-order chi connectivity index (χ1) is 10.7. The summed E-state index contributed by atoms with van der Waals surface area (Å²) in [6, 6.07) is 5.16. The molecule has 0 atom stereocenters. The number of nitrogens with zero attached hydrogens (tertiary/aromatic N) is 2. The minimum Gasteiger partial charge on any atom is -0.474 e. The predicted octanol–water partition coefficient (Wildman–Crippen LogP) is 1.26. The van der Waals surface area contributed by atoms with E-state index in [1.165, 1.54) is 18.2 Å². The number of sulfonamides is 1. The molecule has 0 saturated carbocycles. The van der Waals surface area contributed by atoms with Gasteiger partial charge in [-0.3, -0.25) is 10.1 Å². The number of nitro groups is 1. The lowest BCUT2D eigenvalue weighted by molar-refractivity contribution is -0.387. The molecule has 0 radical (unpaired) electrons. The Bertz CT molecular complexity index is 729. The molecule has 0 spiro atoms. The Labute approximate surface area is 133 Å². The maximum absolute atomic E-state index is 12.4. The molecule has 0 unspecified atom stereocenters. The molecular weight excluding hydrogens is 326 g/mol. The maximum atomic E-state index is 12.4. The van der Waals surface area contributed by atoms with E-state index in [1.54, 1.807) is 13.8 Å². The quantitative estimate of drug-likeness (QED) is 0.613. The zero-order chi connectivity index (χ0) is 17.1. The summed E-state index contributed by atoms with van der Waals surface area (Å²) in [5.41, 5.74) is -1.25. The van der Waals surface area contributed by atoms with Gasteiger partial charge in [-0.2, -0.15) is 0 Å². The molecule has 0 amide bonds. The van der Waals surface area contributed by atoms with Crippen molar-refractivity contribution in [1.29, 1.82) is 0 Å². The number of benzene rings is 1. The van der Waals surface area contributed by atoms with Gasteiger partial charge in [0, 0.05) is 12.6 Å². The van der Waals surface area contributed by atoms with Gasteiger partial charge in [-0.1, -0.05) is 17.3 Å². The molecule has 0 fully saturated rings. The maximum Gasteiger partial charge on any atom is 0.289 e. The van der Waals surface area contributed by atoms with E-state index in [9.17, 15) is 18.5 Å². The summed E-state index contributed by atoms with van der Waals surface area (Å²) in [4.78, 5) is 14.8. The molecule has 1 aliphatic rings. The van der Waals surface area contributed by atoms with Crippen LogP contribution in [0.4, 0.5) is 5.69 Å². The summed E-state index contributed by atoms with van der Waals surface area (Å²) < 4.78 is 32.4. The fraction of sp³-hybridized carbons (Fsp3) is 0.462. The third-order valence-electron chi connectivity index (χ3n) is 3.20. The van der Waals surface area contributed by atoms with Crippen molar-refractivity contribution in [1.82, 2.24) is 4.72 Å².